The van der Waals surface area contributed by atoms with Gasteiger partial charge in [-0.15, -0.1) is 0 Å². The molecule has 114 valence electrons. The molecule has 0 fully saturated rings. The molecule has 0 saturated carbocycles. The number of rotatable bonds is 2. The summed E-state index contributed by atoms with van der Waals surface area (Å²) in [7, 11) is 2.06. The van der Waals surface area contributed by atoms with Crippen molar-refractivity contribution in [2.45, 2.75) is 32.7 Å². The van der Waals surface area contributed by atoms with Crippen molar-refractivity contribution >= 4 is 5.69 Å². The van der Waals surface area contributed by atoms with Gasteiger partial charge in [0.2, 0.25) is 0 Å². The molecule has 1 aliphatic heterocycles. The lowest BCUT2D eigenvalue weighted by Crippen LogP contribution is -2.31. The Morgan fingerprint density at radius 1 is 1.36 bits per heavy atom. The highest BCUT2D eigenvalue weighted by Gasteiger charge is 2.25. The monoisotopic (exact) mass is 298 g/mol. The molecule has 2 heterocycles. The fraction of sp³-hybridized carbons (Fsp3) is 0.412. The summed E-state index contributed by atoms with van der Waals surface area (Å²) >= 11 is 0. The van der Waals surface area contributed by atoms with Gasteiger partial charge < -0.3 is 9.47 Å². The second kappa shape index (κ2) is 5.45. The van der Waals surface area contributed by atoms with E-state index in [9.17, 15) is 9.65 Å². The Balaban J connectivity index is 1.95. The third kappa shape index (κ3) is 2.35. The van der Waals surface area contributed by atoms with E-state index in [-0.39, 0.29) is 5.82 Å². The maximum atomic E-state index is 13.3. The summed E-state index contributed by atoms with van der Waals surface area (Å²) in [6, 6.07) is 6.47. The van der Waals surface area contributed by atoms with Crippen LogP contribution in [0.25, 0.3) is 0 Å². The van der Waals surface area contributed by atoms with Crippen molar-refractivity contribution in [3.8, 4) is 6.07 Å². The van der Waals surface area contributed by atoms with E-state index in [4.69, 9.17) is 4.98 Å². The fourth-order valence-corrected chi connectivity index (χ4v) is 3.14. The van der Waals surface area contributed by atoms with E-state index in [1.807, 2.05) is 0 Å². The zero-order valence-corrected chi connectivity index (χ0v) is 13.1. The van der Waals surface area contributed by atoms with Crippen LogP contribution in [0.2, 0.25) is 0 Å². The topological polar surface area (TPSA) is 44.9 Å². The van der Waals surface area contributed by atoms with Crippen LogP contribution in [0, 0.1) is 17.1 Å². The molecule has 4 nitrogen and oxygen atoms in total. The number of halogens is 1. The minimum Gasteiger partial charge on any atom is -0.364 e. The average Bonchev–Trinajstić information content (AvgIpc) is 2.84. The van der Waals surface area contributed by atoms with Crippen LogP contribution in [-0.4, -0.2) is 16.1 Å². The summed E-state index contributed by atoms with van der Waals surface area (Å²) in [6.07, 6.45) is 0.883. The molecule has 5 heteroatoms. The zero-order valence-electron chi connectivity index (χ0n) is 13.1. The van der Waals surface area contributed by atoms with E-state index in [1.54, 1.807) is 6.07 Å². The first-order valence-corrected chi connectivity index (χ1v) is 7.50. The standard InChI is InChI=1S/C17H19FN4/c1-11(2)17-20-14-10-22(7-6-16(14)21(17)3)15-5-4-13(18)8-12(15)9-19/h4-5,8,11H,6-7,10H2,1-3H3. The van der Waals surface area contributed by atoms with Crippen molar-refractivity contribution in [2.75, 3.05) is 11.4 Å². The molecule has 0 unspecified atom stereocenters. The summed E-state index contributed by atoms with van der Waals surface area (Å²) in [4.78, 5) is 6.87. The molecular weight excluding hydrogens is 279 g/mol. The lowest BCUT2D eigenvalue weighted by molar-refractivity contribution is 0.625. The van der Waals surface area contributed by atoms with Crippen LogP contribution in [-0.2, 0) is 20.0 Å². The number of fused-ring (bicyclic) bond motifs is 1. The highest BCUT2D eigenvalue weighted by molar-refractivity contribution is 5.60. The zero-order chi connectivity index (χ0) is 15.9. The van der Waals surface area contributed by atoms with Gasteiger partial charge >= 0.3 is 0 Å². The van der Waals surface area contributed by atoms with Crippen LogP contribution in [0.1, 0.15) is 42.5 Å². The van der Waals surface area contributed by atoms with Crippen LogP contribution in [0.4, 0.5) is 10.1 Å². The highest BCUT2D eigenvalue weighted by atomic mass is 19.1. The third-order valence-corrected chi connectivity index (χ3v) is 4.23. The van der Waals surface area contributed by atoms with Crippen molar-refractivity contribution in [3.63, 3.8) is 0 Å². The second-order valence-corrected chi connectivity index (χ2v) is 6.02. The predicted molar refractivity (Wildman–Crippen MR) is 83.2 cm³/mol. The highest BCUT2D eigenvalue weighted by Crippen LogP contribution is 2.29. The van der Waals surface area contributed by atoms with Crippen LogP contribution in [0.3, 0.4) is 0 Å². The van der Waals surface area contributed by atoms with E-state index in [1.165, 1.54) is 17.8 Å². The van der Waals surface area contributed by atoms with Crippen LogP contribution >= 0.6 is 0 Å². The SMILES string of the molecule is CC(C)c1nc2c(n1C)CCN(c1ccc(F)cc1C#N)C2. The molecular formula is C17H19FN4. The Morgan fingerprint density at radius 3 is 2.82 bits per heavy atom. The maximum absolute atomic E-state index is 13.3. The molecule has 0 atom stereocenters. The van der Waals surface area contributed by atoms with Gasteiger partial charge in [-0.05, 0) is 18.2 Å². The molecule has 1 aliphatic rings. The van der Waals surface area contributed by atoms with Gasteiger partial charge in [-0.1, -0.05) is 13.8 Å². The van der Waals surface area contributed by atoms with E-state index >= 15 is 0 Å². The van der Waals surface area contributed by atoms with Crippen molar-refractivity contribution in [1.82, 2.24) is 9.55 Å². The number of imidazole rings is 1. The molecule has 1 aromatic carbocycles. The fourth-order valence-electron chi connectivity index (χ4n) is 3.14. The molecule has 0 spiro atoms. The van der Waals surface area contributed by atoms with Crippen molar-refractivity contribution < 1.29 is 4.39 Å². The summed E-state index contributed by atoms with van der Waals surface area (Å²) in [6.45, 7) is 5.75. The molecule has 0 amide bonds. The minimum absolute atomic E-state index is 0.377. The number of aromatic nitrogens is 2. The van der Waals surface area contributed by atoms with Crippen LogP contribution in [0.15, 0.2) is 18.2 Å². The second-order valence-electron chi connectivity index (χ2n) is 6.02. The normalized spacial score (nSPS) is 14.1. The van der Waals surface area contributed by atoms with Crippen molar-refractivity contribution in [2.24, 2.45) is 7.05 Å². The first kappa shape index (κ1) is 14.6. The Hall–Kier alpha value is -2.35. The first-order chi connectivity index (χ1) is 10.5. The minimum atomic E-state index is -0.377. The van der Waals surface area contributed by atoms with Gasteiger partial charge in [0.15, 0.2) is 0 Å². The lowest BCUT2D eigenvalue weighted by Gasteiger charge is -2.29. The molecule has 2 aromatic rings. The quantitative estimate of drug-likeness (QED) is 0.855. The average molecular weight is 298 g/mol. The van der Waals surface area contributed by atoms with Gasteiger partial charge in [-0.25, -0.2) is 9.37 Å². The van der Waals surface area contributed by atoms with Crippen molar-refractivity contribution in [3.05, 3.63) is 46.8 Å². The Morgan fingerprint density at radius 2 is 2.14 bits per heavy atom. The van der Waals surface area contributed by atoms with Gasteiger partial charge in [0.05, 0.1) is 23.5 Å². The number of nitriles is 1. The third-order valence-electron chi connectivity index (χ3n) is 4.23. The van der Waals surface area contributed by atoms with Crippen molar-refractivity contribution in [1.29, 1.82) is 5.26 Å². The molecule has 1 aromatic heterocycles. The summed E-state index contributed by atoms with van der Waals surface area (Å²) in [5.74, 6) is 1.09. The molecule has 0 saturated heterocycles. The predicted octanol–water partition coefficient (Wildman–Crippen LogP) is 3.12. The van der Waals surface area contributed by atoms with Gasteiger partial charge in [-0.2, -0.15) is 5.26 Å². The number of hydrogen-bond donors (Lipinski definition) is 0. The summed E-state index contributed by atoms with van der Waals surface area (Å²) < 4.78 is 15.5. The number of hydrogen-bond acceptors (Lipinski definition) is 3. The first-order valence-electron chi connectivity index (χ1n) is 7.50. The van der Waals surface area contributed by atoms with Gasteiger partial charge in [0.25, 0.3) is 0 Å². The van der Waals surface area contributed by atoms with E-state index < -0.39 is 0 Å². The Kier molecular flexibility index (Phi) is 3.61. The molecule has 0 radical (unpaired) electrons. The van der Waals surface area contributed by atoms with Crippen LogP contribution < -0.4 is 4.90 Å². The number of benzene rings is 1. The molecule has 0 N–H and O–H groups in total. The number of anilines is 1. The van der Waals surface area contributed by atoms with E-state index in [0.29, 0.717) is 18.0 Å². The molecule has 22 heavy (non-hydrogen) atoms. The summed E-state index contributed by atoms with van der Waals surface area (Å²) in [5, 5.41) is 9.23. The smallest absolute Gasteiger partial charge is 0.124 e. The van der Waals surface area contributed by atoms with E-state index in [2.05, 4.69) is 36.4 Å². The van der Waals surface area contributed by atoms with Crippen LogP contribution in [0.5, 0.6) is 0 Å². The Labute approximate surface area is 129 Å². The Bertz CT molecular complexity index is 755. The summed E-state index contributed by atoms with van der Waals surface area (Å²) in [5.41, 5.74) is 3.49. The molecule has 0 bridgehead atoms. The van der Waals surface area contributed by atoms with E-state index in [0.717, 1.165) is 30.2 Å². The van der Waals surface area contributed by atoms with Gasteiger partial charge in [-0.3, -0.25) is 0 Å². The maximum Gasteiger partial charge on any atom is 0.124 e. The molecule has 3 rings (SSSR count). The molecule has 0 aliphatic carbocycles. The largest absolute Gasteiger partial charge is 0.364 e. The lowest BCUT2D eigenvalue weighted by atomic mass is 10.1. The van der Waals surface area contributed by atoms with Gasteiger partial charge in [0.1, 0.15) is 17.7 Å². The van der Waals surface area contributed by atoms with Gasteiger partial charge in [0, 0.05) is 31.6 Å². The number of nitrogens with zero attached hydrogens (tertiary/aromatic N) is 4.